The quantitative estimate of drug-likeness (QED) is 0.218. The minimum atomic E-state index is -3.09. The molecule has 0 saturated heterocycles. The lowest BCUT2D eigenvalue weighted by atomic mass is 10.2. The van der Waals surface area contributed by atoms with Crippen LogP contribution in [-0.2, 0) is 15.6 Å². The second kappa shape index (κ2) is 12.8. The number of aliphatic imine (C=N–C) groups is 1. The van der Waals surface area contributed by atoms with E-state index in [1.54, 1.807) is 11.8 Å². The van der Waals surface area contributed by atoms with Crippen molar-refractivity contribution in [3.63, 3.8) is 0 Å². The molecule has 1 aromatic rings. The van der Waals surface area contributed by atoms with E-state index in [-0.39, 0.29) is 40.2 Å². The molecule has 0 aromatic heterocycles. The minimum Gasteiger partial charge on any atom is -0.357 e. The van der Waals surface area contributed by atoms with Crippen molar-refractivity contribution in [2.75, 3.05) is 31.6 Å². The van der Waals surface area contributed by atoms with Crippen LogP contribution < -0.4 is 10.6 Å². The van der Waals surface area contributed by atoms with Crippen LogP contribution in [0.25, 0.3) is 0 Å². The molecule has 0 aliphatic carbocycles. The van der Waals surface area contributed by atoms with Crippen molar-refractivity contribution in [1.82, 2.24) is 10.6 Å². The molecular formula is C18H32IN3O2S2. The summed E-state index contributed by atoms with van der Waals surface area (Å²) in [5.41, 5.74) is 0.838. The number of hydrogen-bond donors (Lipinski definition) is 2. The lowest BCUT2D eigenvalue weighted by Gasteiger charge is -2.20. The number of hydrogen-bond acceptors (Lipinski definition) is 4. The van der Waals surface area contributed by atoms with Gasteiger partial charge < -0.3 is 10.6 Å². The first kappa shape index (κ1) is 25.5. The summed E-state index contributed by atoms with van der Waals surface area (Å²) in [6, 6.07) is 9.31. The Morgan fingerprint density at radius 1 is 1.19 bits per heavy atom. The Balaban J connectivity index is 0.00000625. The summed E-state index contributed by atoms with van der Waals surface area (Å²) in [5.74, 6) is 1.01. The van der Waals surface area contributed by atoms with E-state index in [2.05, 4.69) is 35.7 Å². The Kier molecular flexibility index (Phi) is 12.6. The van der Waals surface area contributed by atoms with Gasteiger partial charge in [0, 0.05) is 17.8 Å². The van der Waals surface area contributed by atoms with Crippen molar-refractivity contribution in [2.24, 2.45) is 4.99 Å². The fourth-order valence-electron chi connectivity index (χ4n) is 2.07. The Bertz CT molecular complexity index is 635. The third-order valence-electron chi connectivity index (χ3n) is 3.67. The molecule has 0 aliphatic heterocycles. The molecule has 0 radical (unpaired) electrons. The van der Waals surface area contributed by atoms with Crippen LogP contribution in [0.3, 0.4) is 0 Å². The summed E-state index contributed by atoms with van der Waals surface area (Å²) in [6.07, 6.45) is 2.64. The van der Waals surface area contributed by atoms with Gasteiger partial charge in [-0.25, -0.2) is 8.42 Å². The van der Waals surface area contributed by atoms with Crippen LogP contribution in [0.1, 0.15) is 32.8 Å². The van der Waals surface area contributed by atoms with Crippen molar-refractivity contribution in [3.05, 3.63) is 35.9 Å². The van der Waals surface area contributed by atoms with Crippen LogP contribution in [0.2, 0.25) is 0 Å². The molecule has 0 fully saturated rings. The van der Waals surface area contributed by atoms with E-state index < -0.39 is 9.84 Å². The summed E-state index contributed by atoms with van der Waals surface area (Å²) >= 11 is 1.78. The molecule has 0 amide bonds. The number of sulfone groups is 1. The van der Waals surface area contributed by atoms with E-state index in [0.717, 1.165) is 18.1 Å². The van der Waals surface area contributed by atoms with E-state index in [0.29, 0.717) is 19.5 Å². The molecule has 26 heavy (non-hydrogen) atoms. The first-order chi connectivity index (χ1) is 11.8. The predicted molar refractivity (Wildman–Crippen MR) is 126 cm³/mol. The predicted octanol–water partition coefficient (Wildman–Crippen LogP) is 3.31. The maximum Gasteiger partial charge on any atom is 0.191 e. The highest BCUT2D eigenvalue weighted by atomic mass is 127. The van der Waals surface area contributed by atoms with Gasteiger partial charge in [0.1, 0.15) is 0 Å². The summed E-state index contributed by atoms with van der Waals surface area (Å²) < 4.78 is 24.5. The van der Waals surface area contributed by atoms with Crippen LogP contribution >= 0.6 is 35.7 Å². The van der Waals surface area contributed by atoms with Crippen LogP contribution in [0, 0.1) is 0 Å². The van der Waals surface area contributed by atoms with Gasteiger partial charge in [0.05, 0.1) is 18.1 Å². The van der Waals surface area contributed by atoms with Gasteiger partial charge in [-0.2, -0.15) is 11.8 Å². The Labute approximate surface area is 180 Å². The average molecular weight is 514 g/mol. The van der Waals surface area contributed by atoms with E-state index in [1.165, 1.54) is 0 Å². The largest absolute Gasteiger partial charge is 0.357 e. The molecule has 0 heterocycles. The molecule has 1 aromatic carbocycles. The molecule has 150 valence electrons. The molecule has 0 aliphatic rings. The summed E-state index contributed by atoms with van der Waals surface area (Å²) in [7, 11) is -3.09. The topological polar surface area (TPSA) is 70.6 Å². The van der Waals surface area contributed by atoms with Gasteiger partial charge >= 0.3 is 0 Å². The number of halogens is 1. The lowest BCUT2D eigenvalue weighted by molar-refractivity contribution is 0.591. The highest BCUT2D eigenvalue weighted by molar-refractivity contribution is 14.0. The summed E-state index contributed by atoms with van der Waals surface area (Å²) in [5, 5.41) is 6.42. The zero-order chi connectivity index (χ0) is 18.8. The number of thioether (sulfide) groups is 1. The number of benzene rings is 1. The maximum absolute atomic E-state index is 12.2. The molecule has 1 rings (SSSR count). The van der Waals surface area contributed by atoms with E-state index in [9.17, 15) is 8.42 Å². The normalized spacial score (nSPS) is 12.4. The Morgan fingerprint density at radius 3 is 2.42 bits per heavy atom. The molecule has 2 N–H and O–H groups in total. The van der Waals surface area contributed by atoms with Crippen LogP contribution in [-0.4, -0.2) is 50.8 Å². The molecule has 5 nitrogen and oxygen atoms in total. The van der Waals surface area contributed by atoms with E-state index >= 15 is 0 Å². The number of nitrogens with zero attached hydrogens (tertiary/aromatic N) is 1. The van der Waals surface area contributed by atoms with Crippen LogP contribution in [0.5, 0.6) is 0 Å². The van der Waals surface area contributed by atoms with Gasteiger partial charge in [0.25, 0.3) is 0 Å². The Morgan fingerprint density at radius 2 is 1.85 bits per heavy atom. The Hall–Kier alpha value is -0.480. The number of rotatable bonds is 10. The zero-order valence-electron chi connectivity index (χ0n) is 16.1. The standard InChI is InChI=1S/C18H31N3O2S2.HI/c1-5-19-17(21-15-18(2,3)24-4)20-12-9-13-25(22,23)14-16-10-7-6-8-11-16;/h6-8,10-11H,5,9,12-15H2,1-4H3,(H2,19,20,21);1H. The monoisotopic (exact) mass is 513 g/mol. The van der Waals surface area contributed by atoms with Gasteiger partial charge in [-0.3, -0.25) is 4.99 Å². The van der Waals surface area contributed by atoms with Crippen molar-refractivity contribution >= 4 is 51.5 Å². The van der Waals surface area contributed by atoms with Gasteiger partial charge in [0.2, 0.25) is 0 Å². The van der Waals surface area contributed by atoms with Crippen molar-refractivity contribution < 1.29 is 8.42 Å². The molecule has 8 heteroatoms. The fourth-order valence-corrected chi connectivity index (χ4v) is 3.70. The SMILES string of the molecule is CCNC(=NCC(C)(C)SC)NCCCS(=O)(=O)Cc1ccccc1.I. The minimum absolute atomic E-state index is 0. The number of nitrogens with one attached hydrogen (secondary N) is 2. The highest BCUT2D eigenvalue weighted by Gasteiger charge is 2.15. The van der Waals surface area contributed by atoms with E-state index in [4.69, 9.17) is 0 Å². The lowest BCUT2D eigenvalue weighted by Crippen LogP contribution is -2.39. The summed E-state index contributed by atoms with van der Waals surface area (Å²) in [4.78, 5) is 4.58. The van der Waals surface area contributed by atoms with E-state index in [1.807, 2.05) is 37.3 Å². The van der Waals surface area contributed by atoms with Gasteiger partial charge in [-0.05, 0) is 39.0 Å². The molecule has 0 saturated carbocycles. The molecule has 0 spiro atoms. The van der Waals surface area contributed by atoms with Crippen molar-refractivity contribution in [3.8, 4) is 0 Å². The number of guanidine groups is 1. The smallest absolute Gasteiger partial charge is 0.191 e. The fraction of sp³-hybridized carbons (Fsp3) is 0.611. The van der Waals surface area contributed by atoms with Crippen molar-refractivity contribution in [2.45, 2.75) is 37.7 Å². The maximum atomic E-state index is 12.2. The summed E-state index contributed by atoms with van der Waals surface area (Å²) in [6.45, 7) is 8.39. The average Bonchev–Trinajstić information content (AvgIpc) is 2.57. The second-order valence-corrected chi connectivity index (χ2v) is 10.2. The van der Waals surface area contributed by atoms with Gasteiger partial charge in [-0.15, -0.1) is 24.0 Å². The molecule has 0 unspecified atom stereocenters. The molecule has 0 bridgehead atoms. The highest BCUT2D eigenvalue weighted by Crippen LogP contribution is 2.20. The van der Waals surface area contributed by atoms with Crippen molar-refractivity contribution in [1.29, 1.82) is 0 Å². The molecular weight excluding hydrogens is 481 g/mol. The zero-order valence-corrected chi connectivity index (χ0v) is 20.1. The third-order valence-corrected chi connectivity index (χ3v) is 6.59. The first-order valence-corrected chi connectivity index (χ1v) is 11.6. The van der Waals surface area contributed by atoms with Gasteiger partial charge in [-0.1, -0.05) is 30.3 Å². The first-order valence-electron chi connectivity index (χ1n) is 8.59. The third kappa shape index (κ3) is 11.3. The molecule has 0 atom stereocenters. The van der Waals surface area contributed by atoms with Crippen LogP contribution in [0.15, 0.2) is 35.3 Å². The van der Waals surface area contributed by atoms with Crippen LogP contribution in [0.4, 0.5) is 0 Å². The van der Waals surface area contributed by atoms with Gasteiger partial charge in [0.15, 0.2) is 15.8 Å². The second-order valence-electron chi connectivity index (χ2n) is 6.52.